The number of aromatic nitrogens is 2. The van der Waals surface area contributed by atoms with Gasteiger partial charge in [0.2, 0.25) is 5.91 Å². The lowest BCUT2D eigenvalue weighted by Gasteiger charge is -2.12. The molecule has 0 spiro atoms. The van der Waals surface area contributed by atoms with E-state index in [0.29, 0.717) is 10.9 Å². The first-order valence-electron chi connectivity index (χ1n) is 8.20. The van der Waals surface area contributed by atoms with E-state index in [9.17, 15) is 9.59 Å². The number of benzene rings is 1. The van der Waals surface area contributed by atoms with Crippen molar-refractivity contribution in [2.75, 3.05) is 11.1 Å². The fourth-order valence-electron chi connectivity index (χ4n) is 2.12. The molecule has 0 aliphatic heterocycles. The number of aromatic amines is 1. The lowest BCUT2D eigenvalue weighted by molar-refractivity contribution is -0.115. The number of carbonyl (C=O) groups is 1. The van der Waals surface area contributed by atoms with E-state index < -0.39 is 0 Å². The second-order valence-corrected chi connectivity index (χ2v) is 8.15. The molecule has 1 unspecified atom stereocenters. The van der Waals surface area contributed by atoms with Crippen molar-refractivity contribution in [1.29, 1.82) is 0 Å². The van der Waals surface area contributed by atoms with Crippen LogP contribution < -0.4 is 10.9 Å². The van der Waals surface area contributed by atoms with Crippen LogP contribution in [0.5, 0.6) is 0 Å². The van der Waals surface area contributed by atoms with Crippen molar-refractivity contribution >= 4 is 35.1 Å². The Morgan fingerprint density at radius 2 is 2.16 bits per heavy atom. The Morgan fingerprint density at radius 3 is 2.88 bits per heavy atom. The van der Waals surface area contributed by atoms with Gasteiger partial charge in [-0.2, -0.15) is 11.8 Å². The quantitative estimate of drug-likeness (QED) is 0.415. The number of aryl methyl sites for hydroxylation is 1. The predicted molar refractivity (Wildman–Crippen MR) is 106 cm³/mol. The summed E-state index contributed by atoms with van der Waals surface area (Å²) in [6.45, 7) is 5.90. The lowest BCUT2D eigenvalue weighted by Crippen LogP contribution is -2.23. The zero-order chi connectivity index (χ0) is 18.2. The van der Waals surface area contributed by atoms with Crippen LogP contribution in [0.25, 0.3) is 0 Å². The van der Waals surface area contributed by atoms with Crippen LogP contribution >= 0.6 is 23.5 Å². The number of anilines is 1. The van der Waals surface area contributed by atoms with Crippen molar-refractivity contribution in [2.24, 2.45) is 0 Å². The van der Waals surface area contributed by atoms with Crippen molar-refractivity contribution in [3.63, 3.8) is 0 Å². The minimum atomic E-state index is -0.373. The minimum absolute atomic E-state index is 0.121. The molecule has 0 saturated heterocycles. The minimum Gasteiger partial charge on any atom is -0.325 e. The van der Waals surface area contributed by atoms with Crippen LogP contribution in [0.15, 0.2) is 40.3 Å². The highest BCUT2D eigenvalue weighted by molar-refractivity contribution is 8.00. The van der Waals surface area contributed by atoms with Gasteiger partial charge in [0.1, 0.15) is 0 Å². The van der Waals surface area contributed by atoms with Crippen LogP contribution in [0.2, 0.25) is 0 Å². The standard InChI is InChI=1S/C18H23N3O2S2/c1-4-8-24-11-15-10-16(22)21-18(20-15)25-13(3)17(23)19-14-7-5-6-12(2)9-14/h5-7,9-10,13H,4,8,11H2,1-3H3,(H,19,23)(H,20,21,22). The second kappa shape index (κ2) is 9.68. The molecular formula is C18H23N3O2S2. The van der Waals surface area contributed by atoms with Crippen molar-refractivity contribution in [3.05, 3.63) is 51.9 Å². The van der Waals surface area contributed by atoms with E-state index in [-0.39, 0.29) is 16.7 Å². The van der Waals surface area contributed by atoms with Gasteiger partial charge in [-0.1, -0.05) is 30.8 Å². The molecule has 7 heteroatoms. The number of carbonyl (C=O) groups excluding carboxylic acids is 1. The van der Waals surface area contributed by atoms with Crippen molar-refractivity contribution < 1.29 is 4.79 Å². The Labute approximate surface area is 156 Å². The summed E-state index contributed by atoms with van der Waals surface area (Å²) in [7, 11) is 0. The summed E-state index contributed by atoms with van der Waals surface area (Å²) in [6.07, 6.45) is 1.09. The van der Waals surface area contributed by atoms with E-state index in [1.165, 1.54) is 17.8 Å². The van der Waals surface area contributed by atoms with Crippen LogP contribution in [0.4, 0.5) is 5.69 Å². The van der Waals surface area contributed by atoms with E-state index in [2.05, 4.69) is 22.2 Å². The molecule has 0 radical (unpaired) electrons. The zero-order valence-corrected chi connectivity index (χ0v) is 16.3. The highest BCUT2D eigenvalue weighted by atomic mass is 32.2. The van der Waals surface area contributed by atoms with E-state index in [1.54, 1.807) is 18.7 Å². The Kier molecular flexibility index (Phi) is 7.58. The van der Waals surface area contributed by atoms with E-state index in [4.69, 9.17) is 0 Å². The summed E-state index contributed by atoms with van der Waals surface area (Å²) < 4.78 is 0. The summed E-state index contributed by atoms with van der Waals surface area (Å²) in [6, 6.07) is 9.17. The number of thioether (sulfide) groups is 2. The summed E-state index contributed by atoms with van der Waals surface area (Å²) >= 11 is 3.00. The summed E-state index contributed by atoms with van der Waals surface area (Å²) in [4.78, 5) is 31.3. The summed E-state index contributed by atoms with van der Waals surface area (Å²) in [5, 5.41) is 3.00. The molecule has 134 valence electrons. The molecule has 2 aromatic rings. The molecule has 1 atom stereocenters. The Morgan fingerprint density at radius 1 is 1.36 bits per heavy atom. The third-order valence-electron chi connectivity index (χ3n) is 3.31. The van der Waals surface area contributed by atoms with Crippen LogP contribution in [0, 0.1) is 6.92 Å². The molecule has 25 heavy (non-hydrogen) atoms. The van der Waals surface area contributed by atoms with Gasteiger partial charge in [0.05, 0.1) is 10.9 Å². The largest absolute Gasteiger partial charge is 0.325 e. The highest BCUT2D eigenvalue weighted by Gasteiger charge is 2.16. The van der Waals surface area contributed by atoms with Crippen LogP contribution in [-0.2, 0) is 10.5 Å². The van der Waals surface area contributed by atoms with Gasteiger partial charge in [0.15, 0.2) is 5.16 Å². The molecule has 0 saturated carbocycles. The molecule has 1 aromatic carbocycles. The number of nitrogens with zero attached hydrogens (tertiary/aromatic N) is 1. The summed E-state index contributed by atoms with van der Waals surface area (Å²) in [5.74, 6) is 1.62. The van der Waals surface area contributed by atoms with Gasteiger partial charge in [-0.15, -0.1) is 0 Å². The molecule has 0 aliphatic carbocycles. The number of nitrogens with one attached hydrogen (secondary N) is 2. The topological polar surface area (TPSA) is 74.8 Å². The Hall–Kier alpha value is -1.73. The van der Waals surface area contributed by atoms with Gasteiger partial charge in [-0.25, -0.2) is 4.98 Å². The number of hydrogen-bond donors (Lipinski definition) is 2. The number of amides is 1. The van der Waals surface area contributed by atoms with Crippen LogP contribution in [0.1, 0.15) is 31.5 Å². The lowest BCUT2D eigenvalue weighted by atomic mass is 10.2. The molecule has 1 heterocycles. The second-order valence-electron chi connectivity index (χ2n) is 5.71. The fourth-order valence-corrected chi connectivity index (χ4v) is 3.74. The number of H-pyrrole nitrogens is 1. The Bertz CT molecular complexity index is 777. The third-order valence-corrected chi connectivity index (χ3v) is 5.50. The van der Waals surface area contributed by atoms with Gasteiger partial charge in [0.25, 0.3) is 5.56 Å². The van der Waals surface area contributed by atoms with Gasteiger partial charge < -0.3 is 10.3 Å². The molecule has 2 N–H and O–H groups in total. The molecule has 0 fully saturated rings. The molecule has 2 rings (SSSR count). The highest BCUT2D eigenvalue weighted by Crippen LogP contribution is 2.21. The average molecular weight is 378 g/mol. The average Bonchev–Trinajstić information content (AvgIpc) is 2.54. The maximum atomic E-state index is 12.4. The predicted octanol–water partition coefficient (Wildman–Crippen LogP) is 3.84. The Balaban J connectivity index is 2.00. The molecule has 1 aromatic heterocycles. The maximum absolute atomic E-state index is 12.4. The van der Waals surface area contributed by atoms with Gasteiger partial charge in [0, 0.05) is 17.5 Å². The summed E-state index contributed by atoms with van der Waals surface area (Å²) in [5.41, 5.74) is 2.41. The molecule has 0 bridgehead atoms. The molecule has 1 amide bonds. The molecular weight excluding hydrogens is 354 g/mol. The van der Waals surface area contributed by atoms with Crippen molar-refractivity contribution in [3.8, 4) is 0 Å². The van der Waals surface area contributed by atoms with Gasteiger partial charge >= 0.3 is 0 Å². The first-order chi connectivity index (χ1) is 12.0. The maximum Gasteiger partial charge on any atom is 0.251 e. The van der Waals surface area contributed by atoms with Crippen molar-refractivity contribution in [2.45, 2.75) is 43.4 Å². The van der Waals surface area contributed by atoms with E-state index >= 15 is 0 Å². The van der Waals surface area contributed by atoms with E-state index in [0.717, 1.165) is 29.1 Å². The van der Waals surface area contributed by atoms with Gasteiger partial charge in [-0.05, 0) is 43.7 Å². The number of rotatable bonds is 8. The SMILES string of the molecule is CCCSCc1cc(=O)[nH]c(SC(C)C(=O)Nc2cccc(C)c2)n1. The normalized spacial score (nSPS) is 12.0. The first kappa shape index (κ1) is 19.6. The molecule has 5 nitrogen and oxygen atoms in total. The van der Waals surface area contributed by atoms with Crippen LogP contribution in [0.3, 0.4) is 0 Å². The van der Waals surface area contributed by atoms with E-state index in [1.807, 2.05) is 31.2 Å². The zero-order valence-electron chi connectivity index (χ0n) is 14.7. The first-order valence-corrected chi connectivity index (χ1v) is 10.2. The smallest absolute Gasteiger partial charge is 0.251 e. The fraction of sp³-hybridized carbons (Fsp3) is 0.389. The molecule has 0 aliphatic rings. The number of hydrogen-bond acceptors (Lipinski definition) is 5. The van der Waals surface area contributed by atoms with Crippen molar-refractivity contribution in [1.82, 2.24) is 9.97 Å². The third kappa shape index (κ3) is 6.59. The van der Waals surface area contributed by atoms with Crippen LogP contribution in [-0.4, -0.2) is 26.9 Å². The monoisotopic (exact) mass is 377 g/mol. The van der Waals surface area contributed by atoms with Gasteiger partial charge in [-0.3, -0.25) is 9.59 Å².